The third-order valence-corrected chi connectivity index (χ3v) is 19.9. The van der Waals surface area contributed by atoms with Gasteiger partial charge in [0.05, 0.1) is 53.5 Å². The molecule has 14 rings (SSSR count). The number of Topliss-reactive ketones (excluding diaryl/α,β-unsaturated/α-hetero) is 1. The zero-order chi connectivity index (χ0) is 67.2. The van der Waals surface area contributed by atoms with Crippen LogP contribution in [0.2, 0.25) is 0 Å². The Bertz CT molecular complexity index is 4520. The monoisotopic (exact) mass is 1880 g/mol. The first kappa shape index (κ1) is 72.2. The Balaban J connectivity index is 0.000000163. The molecule has 0 aliphatic heterocycles. The fourth-order valence-electron chi connectivity index (χ4n) is 14.1. The molecule has 4 saturated carbocycles. The molecule has 4 aliphatic carbocycles. The molecule has 6 heterocycles. The molecule has 0 spiro atoms. The number of aromatic carboxylic acids is 1. The van der Waals surface area contributed by atoms with Crippen LogP contribution in [-0.4, -0.2) is 76.6 Å². The molecule has 4 aliphatic rings. The van der Waals surface area contributed by atoms with Crippen LogP contribution in [0.4, 0.5) is 0 Å². The van der Waals surface area contributed by atoms with Crippen molar-refractivity contribution < 1.29 is 33.8 Å². The second kappa shape index (κ2) is 32.0. The maximum atomic E-state index is 14.0. The Kier molecular flexibility index (Phi) is 24.6. The third-order valence-electron chi connectivity index (χ3n) is 19.0. The first-order valence-corrected chi connectivity index (χ1v) is 48.2. The van der Waals surface area contributed by atoms with E-state index >= 15 is 0 Å². The number of rotatable bonds is 14. The number of imidazole rings is 2. The van der Waals surface area contributed by atoms with Crippen LogP contribution in [0.25, 0.3) is 79.1 Å². The summed E-state index contributed by atoms with van der Waals surface area (Å²) in [7, 11) is 8.72. The zero-order valence-electron chi connectivity index (χ0n) is 53.2. The van der Waals surface area contributed by atoms with Gasteiger partial charge in [0.2, 0.25) is 0 Å². The van der Waals surface area contributed by atoms with Crippen LogP contribution in [0.1, 0.15) is 177 Å². The molecule has 3 N–H and O–H groups in total. The number of nitrogens with zero attached hydrogens (tertiary/aromatic N) is 10. The van der Waals surface area contributed by atoms with Gasteiger partial charge in [0.25, 0.3) is 0 Å². The number of allylic oxidation sites excluding steroid dienone is 2. The van der Waals surface area contributed by atoms with E-state index in [9.17, 15) is 24.3 Å². The van der Waals surface area contributed by atoms with Gasteiger partial charge < -0.3 is 29.1 Å². The Morgan fingerprint density at radius 1 is 0.574 bits per heavy atom. The van der Waals surface area contributed by atoms with Gasteiger partial charge in [-0.3, -0.25) is 14.4 Å². The molecule has 16 nitrogen and oxygen atoms in total. The number of halogens is 6. The minimum atomic E-state index is -0.910. The van der Waals surface area contributed by atoms with Crippen molar-refractivity contribution in [3.63, 3.8) is 0 Å². The van der Waals surface area contributed by atoms with Crippen molar-refractivity contribution in [3.8, 4) is 23.0 Å². The number of hydrogen-bond acceptors (Lipinski definition) is 11. The Labute approximate surface area is 616 Å². The van der Waals surface area contributed by atoms with E-state index in [0.717, 1.165) is 138 Å². The first-order chi connectivity index (χ1) is 45.2. The molecule has 4 fully saturated rings. The summed E-state index contributed by atoms with van der Waals surface area (Å²) in [5.74, 6) is 3.58. The van der Waals surface area contributed by atoms with Gasteiger partial charge in [-0.1, -0.05) is 74.6 Å². The molecule has 10 aromatic rings. The number of carboxylic acid groups (broad SMARTS) is 1. The Hall–Kier alpha value is -4.56. The van der Waals surface area contributed by atoms with Gasteiger partial charge in [-0.05, 0) is 192 Å². The molecular formula is C71H73Br2I4N11O5V. The van der Waals surface area contributed by atoms with Crippen LogP contribution < -0.4 is 5.73 Å². The topological polar surface area (TPSA) is 212 Å². The predicted molar refractivity (Wildman–Crippen MR) is 414 cm³/mol. The minimum absolute atomic E-state index is 0.0175. The fourth-order valence-corrected chi connectivity index (χ4v) is 14.6. The van der Waals surface area contributed by atoms with Crippen molar-refractivity contribution in [2.24, 2.45) is 33.9 Å². The third kappa shape index (κ3) is 15.6. The number of benzene rings is 4. The standard InChI is InChI=1S/C36H36BrN5O2.C19H18BrN3O2.C16H19N3O.I2.2HI.V/c1-22(43)9-10-23-11-14-28-30(17-23)42(3)35(40-28)36(15-6-16-36)19-31(44)25-12-13-27-29(18-25)41(2)33(32(27)24-7-4-5-8-24)34-38-20-26(37)21-39-34;1-23-15-8-12(19(24)25)6-7-14(15)16(11-4-2-3-5-11)17(23)18-21-9-13(20)10-22-18;1-11(20)4-5-12-6-7-13-14(10-12)19(2)15(18-13)16(17)8-3-9-16;1-2;;;/h9-14,17-18,20-21,24H,4-8,15-16,19H2,1-3H3;6-11H,2-5H2,1H3,(H,24,25);4-7,10H,3,8-9,17H2,1-2H3;;2*1H;/q;;;;;;+2/p-2/b10-9+;;5-4+;;;;. The van der Waals surface area contributed by atoms with Crippen LogP contribution in [0.3, 0.4) is 0 Å². The summed E-state index contributed by atoms with van der Waals surface area (Å²) in [5, 5.41) is 11.6. The normalized spacial score (nSPS) is 15.8. The SMILES string of the molecule is CC(=O)/C=C/c1ccc2nc(C3(CC(=O)c4ccc5c(C6CCCC6)c(-c6ncc(Br)cn6)n(C)c5c4)CCC3)n(C)c2c1.CC(=O)/C=C/c1ccc2nc(C3(N)CCC3)n(C)c2c1.Cn1c(-c2ncc(Br)cn2)c(C2CCCC2)c2ccc(C(=O)O)cc21.II.[I][V][I]. The number of ketones is 3. The molecule has 0 unspecified atom stereocenters. The molecule has 0 bridgehead atoms. The zero-order valence-corrected chi connectivity index (χ0v) is 66.4. The van der Waals surface area contributed by atoms with Gasteiger partial charge >= 0.3 is 55.4 Å². The van der Waals surface area contributed by atoms with Crippen molar-refractivity contribution >= 4 is 188 Å². The number of nitrogens with two attached hydrogens (primary N) is 1. The maximum absolute atomic E-state index is 14.0. The average Bonchev–Trinajstić information content (AvgIpc) is 1.58. The summed E-state index contributed by atoms with van der Waals surface area (Å²) < 4.78 is 10.1. The van der Waals surface area contributed by atoms with Crippen molar-refractivity contribution in [3.05, 3.63) is 164 Å². The van der Waals surface area contributed by atoms with Gasteiger partial charge in [-0.2, -0.15) is 0 Å². The van der Waals surface area contributed by atoms with Gasteiger partial charge in [0, 0.05) is 129 Å². The summed E-state index contributed by atoms with van der Waals surface area (Å²) in [6, 6.07) is 23.7. The molecule has 0 amide bonds. The molecule has 489 valence electrons. The second-order valence-corrected chi connectivity index (χ2v) is 38.6. The molecule has 94 heavy (non-hydrogen) atoms. The fraction of sp³-hybridized carbons (Fsp3) is 0.352. The van der Waals surface area contributed by atoms with Crippen LogP contribution in [-0.2, 0) is 58.2 Å². The van der Waals surface area contributed by atoms with Crippen molar-refractivity contribution in [1.29, 1.82) is 0 Å². The van der Waals surface area contributed by atoms with Crippen LogP contribution in [0.15, 0.2) is 119 Å². The van der Waals surface area contributed by atoms with E-state index < -0.39 is 5.97 Å². The van der Waals surface area contributed by atoms with E-state index in [-0.39, 0.29) is 28.3 Å². The molecule has 23 heteroatoms. The van der Waals surface area contributed by atoms with Crippen molar-refractivity contribution in [2.45, 2.75) is 133 Å². The number of carbonyl (C=O) groups excluding carboxylic acids is 3. The van der Waals surface area contributed by atoms with E-state index in [4.69, 9.17) is 10.7 Å². The number of carboxylic acids is 1. The number of hydrogen-bond donors (Lipinski definition) is 2. The molecule has 0 radical (unpaired) electrons. The van der Waals surface area contributed by atoms with E-state index in [2.05, 4.69) is 173 Å². The number of fused-ring (bicyclic) bond motifs is 4. The van der Waals surface area contributed by atoms with E-state index in [1.807, 2.05) is 80.3 Å². The Morgan fingerprint density at radius 3 is 1.37 bits per heavy atom. The van der Waals surface area contributed by atoms with Gasteiger partial charge in [0.1, 0.15) is 11.6 Å². The van der Waals surface area contributed by atoms with Crippen LogP contribution in [0, 0.1) is 0 Å². The number of carbonyl (C=O) groups is 4. The summed E-state index contributed by atoms with van der Waals surface area (Å²) in [6.07, 6.45) is 30.1. The van der Waals surface area contributed by atoms with E-state index in [1.165, 1.54) is 61.5 Å². The number of aromatic nitrogens is 10. The quantitative estimate of drug-likeness (QED) is 0.0591. The summed E-state index contributed by atoms with van der Waals surface area (Å²) in [6.45, 7) is 3.10. The summed E-state index contributed by atoms with van der Waals surface area (Å²) >= 11 is 15.8. The first-order valence-electron chi connectivity index (χ1n) is 31.3. The molecule has 0 saturated heterocycles. The van der Waals surface area contributed by atoms with E-state index in [0.29, 0.717) is 39.1 Å². The number of aryl methyl sites for hydroxylation is 4. The van der Waals surface area contributed by atoms with Gasteiger partial charge in [0.15, 0.2) is 29.0 Å². The van der Waals surface area contributed by atoms with Gasteiger partial charge in [-0.15, -0.1) is 0 Å². The summed E-state index contributed by atoms with van der Waals surface area (Å²) in [4.78, 5) is 76.0. The predicted octanol–water partition coefficient (Wildman–Crippen LogP) is 19.0. The second-order valence-electron chi connectivity index (χ2n) is 25.0. The van der Waals surface area contributed by atoms with E-state index in [1.54, 1.807) is 62.9 Å². The molecular weight excluding hydrogens is 1810 g/mol. The van der Waals surface area contributed by atoms with Crippen molar-refractivity contribution in [2.75, 3.05) is 0 Å². The summed E-state index contributed by atoms with van der Waals surface area (Å²) in [5.41, 5.74) is 19.4. The van der Waals surface area contributed by atoms with Gasteiger partial charge in [-0.25, -0.2) is 34.7 Å². The Morgan fingerprint density at radius 2 is 0.979 bits per heavy atom. The average molecular weight is 1880 g/mol. The molecule has 4 aromatic carbocycles. The molecule has 6 aromatic heterocycles. The van der Waals surface area contributed by atoms with Crippen molar-refractivity contribution in [1.82, 2.24) is 48.2 Å². The molecule has 0 atom stereocenters. The van der Waals surface area contributed by atoms with Crippen LogP contribution in [0.5, 0.6) is 0 Å². The van der Waals surface area contributed by atoms with Crippen LogP contribution >= 0.6 is 109 Å².